The molecule has 19 heteroatoms. The molecule has 2 bridgehead atoms. The van der Waals surface area contributed by atoms with E-state index in [1.165, 1.54) is 37.4 Å². The molecule has 1 amide bonds. The van der Waals surface area contributed by atoms with Crippen molar-refractivity contribution in [2.24, 2.45) is 11.3 Å². The largest absolute Gasteiger partial charge is 0.508 e. The number of amides is 1. The Balaban J connectivity index is 0.00000227. The lowest BCUT2D eigenvalue weighted by Gasteiger charge is -2.51. The van der Waals surface area contributed by atoms with E-state index in [0.29, 0.717) is 28.2 Å². The normalized spacial score (nSPS) is 32.1. The van der Waals surface area contributed by atoms with E-state index in [9.17, 15) is 30.0 Å². The monoisotopic (exact) mass is 948 g/mol. The van der Waals surface area contributed by atoms with Gasteiger partial charge in [0.05, 0.1) is 48.4 Å². The van der Waals surface area contributed by atoms with Gasteiger partial charge in [0.25, 0.3) is 5.79 Å². The second-order valence-electron chi connectivity index (χ2n) is 16.7. The summed E-state index contributed by atoms with van der Waals surface area (Å²) in [5.74, 6) is 6.40. The molecule has 2 aliphatic heterocycles. The number of rotatable bonds is 10. The molecule has 4 aliphatic rings. The van der Waals surface area contributed by atoms with Gasteiger partial charge in [-0.3, -0.25) is 19.9 Å². The Morgan fingerprint density at radius 1 is 1.14 bits per heavy atom. The van der Waals surface area contributed by atoms with Crippen LogP contribution in [0.5, 0.6) is 5.75 Å². The van der Waals surface area contributed by atoms with Crippen molar-refractivity contribution in [2.75, 3.05) is 13.7 Å². The third kappa shape index (κ3) is 10.0. The molecule has 7 rings (SSSR count). The highest BCUT2D eigenvalue weighted by Gasteiger charge is 2.60. The van der Waals surface area contributed by atoms with Crippen molar-refractivity contribution in [3.8, 4) is 29.4 Å². The predicted octanol–water partition coefficient (Wildman–Crippen LogP) is 3.78. The lowest BCUT2D eigenvalue weighted by molar-refractivity contribution is -0.363. The third-order valence-corrected chi connectivity index (χ3v) is 12.0. The standard InChI is InChI=1S/C46H52N4O12.S3/c1-8-13-30-35-37(50-43(55)58-7)33(52)22-45(30,56)17-11-9-10-12-18-46(35,57)62-42-39(61-34-20-25(4)32(23-59-34)48-24(2)3)41(54)44(6,26(5)60-42)40(53)38-36-28(16-19-47-38)29-21-27(51)14-15-31(29)49-36;1-3-2/h9-10,13-16,19,21,24-26,32,34,39,41-42,48-49,51,54,56-57H,8,20,22-23H2,1-7H3,(H,50,55);/b10-9-,30-13+;/t25?,26?,32?,34?,39?,41?,42?,44?,45-,46-;/m0./s1. The van der Waals surface area contributed by atoms with E-state index in [1.54, 1.807) is 32.0 Å². The third-order valence-electron chi connectivity index (χ3n) is 12.0. The first-order valence-corrected chi connectivity index (χ1v) is 23.6. The Kier molecular flexibility index (Phi) is 15.6. The summed E-state index contributed by atoms with van der Waals surface area (Å²) in [6.07, 6.45) is -2.69. The zero-order valence-electron chi connectivity index (χ0n) is 36.8. The van der Waals surface area contributed by atoms with Crippen LogP contribution in [0.2, 0.25) is 0 Å². The Morgan fingerprint density at radius 2 is 1.85 bits per heavy atom. The van der Waals surface area contributed by atoms with Crippen LogP contribution in [0.15, 0.2) is 65.5 Å². The number of carbonyl (C=O) groups is 3. The number of aliphatic hydroxyl groups excluding tert-OH is 1. The predicted molar refractivity (Wildman–Crippen MR) is 247 cm³/mol. The summed E-state index contributed by atoms with van der Waals surface area (Å²) in [6.45, 7) is 11.2. The highest BCUT2D eigenvalue weighted by molar-refractivity contribution is 8.37. The van der Waals surface area contributed by atoms with Crippen LogP contribution in [0.3, 0.4) is 0 Å². The fourth-order valence-corrected chi connectivity index (χ4v) is 8.59. The Labute approximate surface area is 389 Å². The zero-order chi connectivity index (χ0) is 47.4. The number of aromatic amines is 1. The van der Waals surface area contributed by atoms with Crippen molar-refractivity contribution >= 4 is 70.7 Å². The lowest BCUT2D eigenvalue weighted by atomic mass is 9.70. The van der Waals surface area contributed by atoms with Crippen molar-refractivity contribution in [1.29, 1.82) is 0 Å². The molecule has 2 aromatic heterocycles. The number of ketones is 2. The summed E-state index contributed by atoms with van der Waals surface area (Å²) in [5.41, 5.74) is -3.98. The molecule has 8 unspecified atom stereocenters. The van der Waals surface area contributed by atoms with E-state index in [4.69, 9.17) is 23.7 Å². The maximum Gasteiger partial charge on any atom is 0.411 e. The van der Waals surface area contributed by atoms with Gasteiger partial charge in [0.15, 0.2) is 29.7 Å². The number of nitrogens with zero attached hydrogens (tertiary/aromatic N) is 1. The quantitative estimate of drug-likeness (QED) is 0.0872. The van der Waals surface area contributed by atoms with Crippen LogP contribution in [0, 0.1) is 35.0 Å². The van der Waals surface area contributed by atoms with Gasteiger partial charge in [-0.1, -0.05) is 51.5 Å². The van der Waals surface area contributed by atoms with Crippen molar-refractivity contribution < 1.29 is 58.5 Å². The molecule has 7 N–H and O–H groups in total. The van der Waals surface area contributed by atoms with Gasteiger partial charge in [-0.2, -0.15) is 0 Å². The molecule has 3 aromatic rings. The first-order chi connectivity index (χ1) is 30.8. The lowest BCUT2D eigenvalue weighted by Crippen LogP contribution is -2.66. The van der Waals surface area contributed by atoms with Crippen LogP contribution in [0.1, 0.15) is 71.3 Å². The molecule has 2 saturated heterocycles. The maximum atomic E-state index is 15.0. The van der Waals surface area contributed by atoms with Gasteiger partial charge in [-0.25, -0.2) is 4.79 Å². The fourth-order valence-electron chi connectivity index (χ4n) is 8.59. The molecular formula is C46H52N4O12S3. The smallest absolute Gasteiger partial charge is 0.411 e. The average molecular weight is 949 g/mol. The number of benzene rings is 1. The van der Waals surface area contributed by atoms with Crippen molar-refractivity contribution in [1.82, 2.24) is 20.6 Å². The van der Waals surface area contributed by atoms with Gasteiger partial charge < -0.3 is 54.4 Å². The number of alkyl carbamates (subject to hydrolysis) is 1. The van der Waals surface area contributed by atoms with Crippen molar-refractivity contribution in [2.45, 2.75) is 115 Å². The summed E-state index contributed by atoms with van der Waals surface area (Å²) in [5, 5.41) is 54.9. The van der Waals surface area contributed by atoms with Crippen LogP contribution in [0.4, 0.5) is 4.79 Å². The topological polar surface area (TPSA) is 231 Å². The van der Waals surface area contributed by atoms with Gasteiger partial charge in [0.1, 0.15) is 23.7 Å². The van der Waals surface area contributed by atoms with E-state index in [-0.39, 0.29) is 48.0 Å². The number of fused-ring (bicyclic) bond motifs is 5. The van der Waals surface area contributed by atoms with E-state index >= 15 is 4.79 Å². The number of nitrogens with one attached hydrogen (secondary N) is 3. The molecule has 0 saturated carbocycles. The van der Waals surface area contributed by atoms with Gasteiger partial charge >= 0.3 is 6.09 Å². The second-order valence-corrected chi connectivity index (χ2v) is 18.5. The number of H-pyrrole nitrogens is 1. The highest BCUT2D eigenvalue weighted by Crippen LogP contribution is 2.47. The summed E-state index contributed by atoms with van der Waals surface area (Å²) in [4.78, 5) is 49.3. The van der Waals surface area contributed by atoms with Gasteiger partial charge in [0.2, 0.25) is 0 Å². The van der Waals surface area contributed by atoms with Gasteiger partial charge in [0, 0.05) is 77.8 Å². The Hall–Kier alpha value is -4.74. The summed E-state index contributed by atoms with van der Waals surface area (Å²) >= 11 is 8.25. The minimum Gasteiger partial charge on any atom is -0.508 e. The number of hydrogen-bond acceptors (Lipinski definition) is 16. The van der Waals surface area contributed by atoms with Crippen LogP contribution in [-0.4, -0.2) is 116 Å². The number of aromatic nitrogens is 2. The van der Waals surface area contributed by atoms with Crippen LogP contribution < -0.4 is 10.6 Å². The number of aliphatic hydroxyl groups is 3. The molecule has 0 spiro atoms. The number of ether oxygens (including phenoxy) is 5. The molecule has 346 valence electrons. The minimum atomic E-state index is -2.90. The number of pyridine rings is 1. The molecule has 65 heavy (non-hydrogen) atoms. The van der Waals surface area contributed by atoms with Crippen LogP contribution >= 0.6 is 0 Å². The summed E-state index contributed by atoms with van der Waals surface area (Å²) in [7, 11) is 2.01. The number of carbonyl (C=O) groups excluding carboxylic acids is 3. The van der Waals surface area contributed by atoms with E-state index < -0.39 is 83.0 Å². The molecule has 2 fully saturated rings. The molecule has 2 aliphatic carbocycles. The SMILES string of the molecule is CC/C=C1\C2=C(NC(=O)OC)C(=O)C[C@@]1(O)C#C/C=C\C#C[C@]2(O)OC1OC(C)C(C)(C(=O)c2nccc3c2[nH]c2ccc(O)cc23)C(O)C1OC1CC(C)C(NC(C)C)CO1.S=S=S. The van der Waals surface area contributed by atoms with E-state index in [2.05, 4.69) is 66.7 Å². The molecule has 4 heterocycles. The fraction of sp³-hybridized carbons (Fsp3) is 0.478. The number of hydrogen-bond donors (Lipinski definition) is 7. The van der Waals surface area contributed by atoms with Crippen molar-refractivity contribution in [3.05, 3.63) is 71.2 Å². The summed E-state index contributed by atoms with van der Waals surface area (Å²) < 4.78 is 30.6. The molecule has 1 aromatic carbocycles. The van der Waals surface area contributed by atoms with E-state index in [0.717, 1.165) is 16.0 Å². The van der Waals surface area contributed by atoms with Gasteiger partial charge in [-0.05, 0) is 68.5 Å². The maximum absolute atomic E-state index is 15.0. The summed E-state index contributed by atoms with van der Waals surface area (Å²) in [6, 6.07) is 6.64. The number of Topliss-reactive ketones (excluding diaryl/α,β-unsaturated/α-hetero) is 2. The number of allylic oxidation sites excluding steroid dienone is 4. The van der Waals surface area contributed by atoms with E-state index in [1.807, 2.05) is 20.8 Å². The molecule has 0 radical (unpaired) electrons. The molecule has 10 atom stereocenters. The number of phenolic OH excluding ortho intramolecular Hbond substituents is 1. The number of aromatic hydroxyl groups is 1. The highest BCUT2D eigenvalue weighted by atomic mass is 33.1. The van der Waals surface area contributed by atoms with Crippen LogP contribution in [0.25, 0.3) is 21.8 Å². The Bertz CT molecular complexity index is 2620. The first kappa shape index (κ1) is 49.7. The minimum absolute atomic E-state index is 0.0128. The zero-order valence-corrected chi connectivity index (χ0v) is 39.2. The van der Waals surface area contributed by atoms with Crippen molar-refractivity contribution in [3.63, 3.8) is 0 Å². The molecular weight excluding hydrogens is 897 g/mol. The average Bonchev–Trinajstić information content (AvgIpc) is 3.63. The van der Waals surface area contributed by atoms with Crippen LogP contribution in [-0.2, 0) is 59.7 Å². The number of phenols is 1. The Morgan fingerprint density at radius 3 is 2.51 bits per heavy atom. The second kappa shape index (κ2) is 20.4. The number of methoxy groups -OCH3 is 1. The first-order valence-electron chi connectivity index (χ1n) is 20.9. The molecule has 16 nitrogen and oxygen atoms in total. The van der Waals surface area contributed by atoms with Gasteiger partial charge in [-0.15, -0.1) is 0 Å².